The van der Waals surface area contributed by atoms with Crippen LogP contribution in [0.25, 0.3) is 0 Å². The molecule has 2 aliphatic rings. The van der Waals surface area contributed by atoms with Crippen LogP contribution in [0.3, 0.4) is 0 Å². The van der Waals surface area contributed by atoms with Crippen LogP contribution in [-0.4, -0.2) is 14.5 Å². The molecular formula is C36H30N2O2S. The molecule has 0 fully saturated rings. The number of anilines is 4. The third-order valence-corrected chi connectivity index (χ3v) is 9.16. The minimum absolute atomic E-state index is 0.148. The van der Waals surface area contributed by atoms with Gasteiger partial charge in [0.1, 0.15) is 0 Å². The molecule has 202 valence electrons. The predicted octanol–water partition coefficient (Wildman–Crippen LogP) is 8.64. The average molecular weight is 555 g/mol. The van der Waals surface area contributed by atoms with Crippen LogP contribution in [0.5, 0.6) is 0 Å². The van der Waals surface area contributed by atoms with Crippen LogP contribution >= 0.6 is 0 Å². The van der Waals surface area contributed by atoms with Crippen molar-refractivity contribution in [2.75, 3.05) is 9.80 Å². The van der Waals surface area contributed by atoms with E-state index in [-0.39, 0.29) is 15.8 Å². The second kappa shape index (κ2) is 11.8. The van der Waals surface area contributed by atoms with Crippen molar-refractivity contribution < 1.29 is 8.42 Å². The molecule has 0 radical (unpaired) electrons. The van der Waals surface area contributed by atoms with E-state index in [2.05, 4.69) is 57.7 Å². The maximum absolute atomic E-state index is 13.7. The Morgan fingerprint density at radius 1 is 0.610 bits per heavy atom. The van der Waals surface area contributed by atoms with E-state index in [0.717, 1.165) is 34.9 Å². The fraction of sp³-hybridized carbons (Fsp3) is 0.111. The fourth-order valence-corrected chi connectivity index (χ4v) is 6.63. The number of hydrogen-bond acceptors (Lipinski definition) is 4. The van der Waals surface area contributed by atoms with Crippen LogP contribution in [0.2, 0.25) is 0 Å². The predicted molar refractivity (Wildman–Crippen MR) is 167 cm³/mol. The van der Waals surface area contributed by atoms with Crippen molar-refractivity contribution in [3.8, 4) is 0 Å². The summed E-state index contributed by atoms with van der Waals surface area (Å²) in [6.45, 7) is 0. The Morgan fingerprint density at radius 2 is 1.17 bits per heavy atom. The Bertz CT molecular complexity index is 1740. The smallest absolute Gasteiger partial charge is 0.210 e. The molecular weight excluding hydrogens is 524 g/mol. The van der Waals surface area contributed by atoms with Crippen molar-refractivity contribution in [3.63, 3.8) is 0 Å². The van der Waals surface area contributed by atoms with Crippen molar-refractivity contribution >= 4 is 32.6 Å². The van der Waals surface area contributed by atoms with E-state index in [1.54, 1.807) is 12.1 Å². The minimum Gasteiger partial charge on any atom is -0.331 e. The summed E-state index contributed by atoms with van der Waals surface area (Å²) in [5, 5.41) is 0. The lowest BCUT2D eigenvalue weighted by molar-refractivity contribution is 0.599. The van der Waals surface area contributed by atoms with Crippen molar-refractivity contribution in [2.24, 2.45) is 0 Å². The number of benzene rings is 4. The van der Waals surface area contributed by atoms with E-state index in [1.165, 1.54) is 0 Å². The molecule has 4 nitrogen and oxygen atoms in total. The first-order valence-electron chi connectivity index (χ1n) is 13.8. The molecule has 0 saturated carbocycles. The Kier molecular flexibility index (Phi) is 7.58. The molecule has 1 unspecified atom stereocenters. The summed E-state index contributed by atoms with van der Waals surface area (Å²) in [6.07, 6.45) is 10.3. The van der Waals surface area contributed by atoms with Gasteiger partial charge in [0.05, 0.1) is 21.5 Å². The molecule has 2 aliphatic carbocycles. The third kappa shape index (κ3) is 5.61. The first-order chi connectivity index (χ1) is 20.1. The second-order valence-corrected chi connectivity index (χ2v) is 11.9. The van der Waals surface area contributed by atoms with Crippen LogP contribution in [0.1, 0.15) is 19.3 Å². The first kappa shape index (κ1) is 26.4. The highest BCUT2D eigenvalue weighted by Gasteiger charge is 2.27. The van der Waals surface area contributed by atoms with Crippen molar-refractivity contribution in [2.45, 2.75) is 30.2 Å². The Labute approximate surface area is 242 Å². The lowest BCUT2D eigenvalue weighted by Crippen LogP contribution is -2.33. The summed E-state index contributed by atoms with van der Waals surface area (Å²) in [5.41, 5.74) is 11.1. The molecule has 0 saturated heterocycles. The van der Waals surface area contributed by atoms with Gasteiger partial charge in [-0.1, -0.05) is 84.6 Å². The van der Waals surface area contributed by atoms with Crippen LogP contribution < -0.4 is 9.80 Å². The minimum atomic E-state index is -3.70. The highest BCUT2D eigenvalue weighted by molar-refractivity contribution is 7.95. The number of rotatable bonds is 8. The summed E-state index contributed by atoms with van der Waals surface area (Å²) in [7, 11) is -3.70. The summed E-state index contributed by atoms with van der Waals surface area (Å²) < 4.78 is 27.3. The molecule has 0 aliphatic heterocycles. The van der Waals surface area contributed by atoms with E-state index >= 15 is 0 Å². The quantitative estimate of drug-likeness (QED) is 0.204. The van der Waals surface area contributed by atoms with Gasteiger partial charge in [-0.2, -0.15) is 0 Å². The van der Waals surface area contributed by atoms with Gasteiger partial charge in [0.15, 0.2) is 0 Å². The highest BCUT2D eigenvalue weighted by Crippen LogP contribution is 2.36. The highest BCUT2D eigenvalue weighted by atomic mass is 32.2. The number of allylic oxidation sites excluding steroid dienone is 4. The van der Waals surface area contributed by atoms with Crippen molar-refractivity contribution in [1.82, 2.24) is 0 Å². The van der Waals surface area contributed by atoms with E-state index in [1.807, 2.05) is 91.0 Å². The number of para-hydroxylation sites is 3. The molecule has 1 atom stereocenters. The van der Waals surface area contributed by atoms with Crippen LogP contribution in [-0.2, 0) is 9.84 Å². The molecule has 0 amide bonds. The van der Waals surface area contributed by atoms with Gasteiger partial charge in [-0.05, 0) is 79.2 Å². The number of nitrogens with zero attached hydrogens (tertiary/aromatic N) is 2. The largest absolute Gasteiger partial charge is 0.331 e. The lowest BCUT2D eigenvalue weighted by Gasteiger charge is -2.33. The standard InChI is InChI=1S/C36H30N2O2S/c39-41(40,35-25-21-33(22-26-35)37(29-13-5-1-6-14-29)30-15-7-2-8-16-30)36-27-23-34(24-28-36)38(31-17-9-3-10-18-31)32-19-11-4-12-20-32/h1-19,21-22,25-26,32H,20,23,27H2. The normalized spacial score (nSPS) is 16.1. The summed E-state index contributed by atoms with van der Waals surface area (Å²) >= 11 is 0. The number of hydrogen-bond donors (Lipinski definition) is 0. The lowest BCUT2D eigenvalue weighted by atomic mass is 10.0. The number of sulfone groups is 1. The van der Waals surface area contributed by atoms with Crippen molar-refractivity contribution in [1.29, 1.82) is 0 Å². The topological polar surface area (TPSA) is 40.6 Å². The SMILES string of the molecule is O=S(=O)(C1=C=C=C(N(c2ccccc2)C2C=CC=CC2)CC1)c1ccc(N(c2ccccc2)c2ccccc2)cc1. The van der Waals surface area contributed by atoms with E-state index in [4.69, 9.17) is 0 Å². The first-order valence-corrected chi connectivity index (χ1v) is 15.3. The Morgan fingerprint density at radius 3 is 1.68 bits per heavy atom. The maximum Gasteiger partial charge on any atom is 0.210 e. The zero-order valence-electron chi connectivity index (χ0n) is 22.6. The van der Waals surface area contributed by atoms with Gasteiger partial charge in [-0.15, -0.1) is 0 Å². The van der Waals surface area contributed by atoms with E-state index < -0.39 is 9.84 Å². The average Bonchev–Trinajstić information content (AvgIpc) is 3.04. The molecule has 0 bridgehead atoms. The van der Waals surface area contributed by atoms with E-state index in [0.29, 0.717) is 12.8 Å². The Balaban J connectivity index is 1.34. The molecule has 0 aromatic heterocycles. The van der Waals surface area contributed by atoms with Gasteiger partial charge in [-0.3, -0.25) is 0 Å². The van der Waals surface area contributed by atoms with Crippen molar-refractivity contribution in [3.05, 3.63) is 162 Å². The molecule has 0 heterocycles. The molecule has 4 aromatic carbocycles. The summed E-state index contributed by atoms with van der Waals surface area (Å²) in [5.74, 6) is 0. The van der Waals surface area contributed by atoms with Gasteiger partial charge in [0, 0.05) is 29.2 Å². The monoisotopic (exact) mass is 554 g/mol. The second-order valence-electron chi connectivity index (χ2n) is 9.95. The molecule has 41 heavy (non-hydrogen) atoms. The van der Waals surface area contributed by atoms with Crippen LogP contribution in [0.15, 0.2) is 167 Å². The molecule has 5 heteroatoms. The molecule has 6 rings (SSSR count). The van der Waals surface area contributed by atoms with Gasteiger partial charge < -0.3 is 9.80 Å². The summed E-state index contributed by atoms with van der Waals surface area (Å²) in [6, 6.07) is 37.5. The zero-order chi connectivity index (χ0) is 28.1. The maximum atomic E-state index is 13.7. The molecule has 0 spiro atoms. The van der Waals surface area contributed by atoms with Gasteiger partial charge in [-0.25, -0.2) is 8.42 Å². The third-order valence-electron chi connectivity index (χ3n) is 7.31. The zero-order valence-corrected chi connectivity index (χ0v) is 23.4. The molecule has 0 N–H and O–H groups in total. The van der Waals surface area contributed by atoms with E-state index in [9.17, 15) is 8.42 Å². The summed E-state index contributed by atoms with van der Waals surface area (Å²) in [4.78, 5) is 4.88. The van der Waals surface area contributed by atoms with Gasteiger partial charge >= 0.3 is 0 Å². The van der Waals surface area contributed by atoms with Crippen LogP contribution in [0.4, 0.5) is 22.7 Å². The van der Waals surface area contributed by atoms with Gasteiger partial charge in [0.2, 0.25) is 9.84 Å². The molecule has 4 aromatic rings. The Hall–Kier alpha value is -4.79. The van der Waals surface area contributed by atoms with Crippen LogP contribution in [0, 0.1) is 0 Å². The fourth-order valence-electron chi connectivity index (χ4n) is 5.29. The van der Waals surface area contributed by atoms with Gasteiger partial charge in [0.25, 0.3) is 0 Å².